The Morgan fingerprint density at radius 2 is 2.11 bits per heavy atom. The highest BCUT2D eigenvalue weighted by Crippen LogP contribution is 2.20. The van der Waals surface area contributed by atoms with Crippen molar-refractivity contribution in [2.75, 3.05) is 26.7 Å². The first-order chi connectivity index (χ1) is 12.6. The van der Waals surface area contributed by atoms with E-state index in [2.05, 4.69) is 15.5 Å². The lowest BCUT2D eigenvalue weighted by Crippen LogP contribution is -2.40. The number of carbonyl (C=O) groups excluding carboxylic acids is 1. The van der Waals surface area contributed by atoms with E-state index in [0.29, 0.717) is 41.6 Å². The number of amides is 1. The van der Waals surface area contributed by atoms with Crippen molar-refractivity contribution in [2.24, 2.45) is 5.92 Å². The molecule has 0 atom stereocenters. The molecule has 1 fully saturated rings. The van der Waals surface area contributed by atoms with E-state index in [4.69, 9.17) is 4.52 Å². The minimum atomic E-state index is -0.300. The Morgan fingerprint density at radius 3 is 2.78 bits per heavy atom. The zero-order chi connectivity index (χ0) is 18.5. The summed E-state index contributed by atoms with van der Waals surface area (Å²) in [4.78, 5) is 18.6. The van der Waals surface area contributed by atoms with Crippen LogP contribution in [0.2, 0.25) is 0 Å². The molecule has 1 aliphatic rings. The zero-order valence-corrected chi connectivity index (χ0v) is 16.5. The Labute approximate surface area is 164 Å². The molecule has 0 unspecified atom stereocenters. The number of likely N-dealkylation sites (tertiary alicyclic amines) is 1. The van der Waals surface area contributed by atoms with Gasteiger partial charge in [-0.05, 0) is 50.9 Å². The maximum Gasteiger partial charge on any atom is 0.227 e. The third-order valence-corrected chi connectivity index (χ3v) is 4.91. The predicted octanol–water partition coefficient (Wildman–Crippen LogP) is 3.00. The van der Waals surface area contributed by atoms with Gasteiger partial charge >= 0.3 is 0 Å². The summed E-state index contributed by atoms with van der Waals surface area (Å²) in [5.41, 5.74) is 1.14. The second kappa shape index (κ2) is 9.80. The van der Waals surface area contributed by atoms with Crippen molar-refractivity contribution in [1.82, 2.24) is 20.4 Å². The Hall–Kier alpha value is -1.99. The number of benzene rings is 1. The van der Waals surface area contributed by atoms with E-state index in [1.54, 1.807) is 19.1 Å². The summed E-state index contributed by atoms with van der Waals surface area (Å²) in [6, 6.07) is 4.83. The van der Waals surface area contributed by atoms with E-state index in [9.17, 15) is 9.18 Å². The average molecular weight is 397 g/mol. The third kappa shape index (κ3) is 5.49. The van der Waals surface area contributed by atoms with Crippen LogP contribution in [0.5, 0.6) is 0 Å². The second-order valence-corrected chi connectivity index (χ2v) is 6.86. The molecule has 0 saturated carbocycles. The third-order valence-electron chi connectivity index (χ3n) is 4.91. The van der Waals surface area contributed by atoms with Crippen molar-refractivity contribution in [2.45, 2.75) is 32.6 Å². The first kappa shape index (κ1) is 21.3. The lowest BCUT2D eigenvalue weighted by atomic mass is 9.96. The summed E-state index contributed by atoms with van der Waals surface area (Å²) in [5.74, 6) is 1.22. The van der Waals surface area contributed by atoms with Crippen LogP contribution in [-0.2, 0) is 11.2 Å². The molecule has 148 valence electrons. The number of hydrogen-bond acceptors (Lipinski definition) is 5. The van der Waals surface area contributed by atoms with Crippen LogP contribution in [0.3, 0.4) is 0 Å². The molecule has 0 aliphatic carbocycles. The lowest BCUT2D eigenvalue weighted by molar-refractivity contribution is -0.132. The van der Waals surface area contributed by atoms with E-state index < -0.39 is 0 Å². The van der Waals surface area contributed by atoms with Crippen LogP contribution in [0.25, 0.3) is 11.4 Å². The van der Waals surface area contributed by atoms with Crippen LogP contribution in [0.4, 0.5) is 4.39 Å². The van der Waals surface area contributed by atoms with Gasteiger partial charge in [0.2, 0.25) is 17.6 Å². The summed E-state index contributed by atoms with van der Waals surface area (Å²) in [6.45, 7) is 4.33. The summed E-state index contributed by atoms with van der Waals surface area (Å²) < 4.78 is 18.9. The molecule has 3 rings (SSSR count). The van der Waals surface area contributed by atoms with Crippen molar-refractivity contribution in [1.29, 1.82) is 0 Å². The lowest BCUT2D eigenvalue weighted by Gasteiger charge is -2.31. The van der Waals surface area contributed by atoms with E-state index in [-0.39, 0.29) is 24.1 Å². The van der Waals surface area contributed by atoms with Crippen molar-refractivity contribution in [3.05, 3.63) is 35.5 Å². The Kier molecular flexibility index (Phi) is 7.74. The molecule has 1 N–H and O–H groups in total. The Morgan fingerprint density at radius 1 is 1.37 bits per heavy atom. The molecular formula is C19H26ClFN4O2. The Balaban J connectivity index is 0.00000261. The Bertz CT molecular complexity index is 760. The fraction of sp³-hybridized carbons (Fsp3) is 0.526. The topological polar surface area (TPSA) is 71.3 Å². The largest absolute Gasteiger partial charge is 0.343 e. The van der Waals surface area contributed by atoms with Gasteiger partial charge in [-0.25, -0.2) is 4.39 Å². The highest BCUT2D eigenvalue weighted by molar-refractivity contribution is 5.85. The van der Waals surface area contributed by atoms with Crippen molar-refractivity contribution >= 4 is 18.3 Å². The van der Waals surface area contributed by atoms with Gasteiger partial charge in [0.25, 0.3) is 0 Å². The van der Waals surface area contributed by atoms with Gasteiger partial charge in [-0.3, -0.25) is 4.79 Å². The monoisotopic (exact) mass is 396 g/mol. The second-order valence-electron chi connectivity index (χ2n) is 6.86. The molecule has 8 heteroatoms. The van der Waals surface area contributed by atoms with Crippen LogP contribution in [0.15, 0.2) is 22.7 Å². The molecule has 0 bridgehead atoms. The van der Waals surface area contributed by atoms with Gasteiger partial charge in [0.15, 0.2) is 0 Å². The van der Waals surface area contributed by atoms with Crippen LogP contribution in [-0.4, -0.2) is 47.6 Å². The van der Waals surface area contributed by atoms with E-state index in [0.717, 1.165) is 32.5 Å². The predicted molar refractivity (Wildman–Crippen MR) is 103 cm³/mol. The fourth-order valence-corrected chi connectivity index (χ4v) is 3.25. The fourth-order valence-electron chi connectivity index (χ4n) is 3.25. The number of rotatable bonds is 6. The summed E-state index contributed by atoms with van der Waals surface area (Å²) in [5, 5.41) is 7.09. The number of aryl methyl sites for hydroxylation is 2. The molecule has 0 spiro atoms. The number of halogens is 2. The van der Waals surface area contributed by atoms with Gasteiger partial charge in [-0.1, -0.05) is 17.3 Å². The normalized spacial score (nSPS) is 14.9. The smallest absolute Gasteiger partial charge is 0.227 e. The number of piperidine rings is 1. The van der Waals surface area contributed by atoms with Crippen LogP contribution in [0, 0.1) is 18.7 Å². The van der Waals surface area contributed by atoms with Crippen LogP contribution in [0.1, 0.15) is 30.7 Å². The van der Waals surface area contributed by atoms with E-state index in [1.807, 2.05) is 11.9 Å². The van der Waals surface area contributed by atoms with Gasteiger partial charge in [-0.15, -0.1) is 12.4 Å². The molecule has 1 aromatic carbocycles. The number of nitrogens with one attached hydrogen (secondary N) is 1. The highest BCUT2D eigenvalue weighted by Gasteiger charge is 2.22. The molecular weight excluding hydrogens is 371 g/mol. The molecule has 2 heterocycles. The van der Waals surface area contributed by atoms with Gasteiger partial charge in [-0.2, -0.15) is 4.98 Å². The van der Waals surface area contributed by atoms with Gasteiger partial charge in [0, 0.05) is 31.5 Å². The zero-order valence-electron chi connectivity index (χ0n) is 15.7. The van der Waals surface area contributed by atoms with E-state index in [1.165, 1.54) is 6.07 Å². The van der Waals surface area contributed by atoms with Gasteiger partial charge in [0.05, 0.1) is 0 Å². The molecule has 0 radical (unpaired) electrons. The quantitative estimate of drug-likeness (QED) is 0.812. The molecule has 1 aliphatic heterocycles. The number of hydrogen-bond donors (Lipinski definition) is 1. The first-order valence-electron chi connectivity index (χ1n) is 9.08. The van der Waals surface area contributed by atoms with Crippen molar-refractivity contribution in [3.63, 3.8) is 0 Å². The van der Waals surface area contributed by atoms with Crippen LogP contribution < -0.4 is 5.32 Å². The number of carbonyl (C=O) groups is 1. The average Bonchev–Trinajstić information content (AvgIpc) is 3.12. The maximum absolute atomic E-state index is 13.7. The standard InChI is InChI=1S/C19H25FN4O2.ClH/c1-13-3-4-15(11-16(13)20)19-22-17(26-23-19)5-6-18(25)24-9-7-14(8-10-24)12-21-2;/h3-4,11,14,21H,5-10,12H2,1-2H3;1H. The van der Waals surface area contributed by atoms with E-state index >= 15 is 0 Å². The van der Waals surface area contributed by atoms with Crippen molar-refractivity contribution in [3.8, 4) is 11.4 Å². The minimum absolute atomic E-state index is 0. The molecule has 27 heavy (non-hydrogen) atoms. The number of aromatic nitrogens is 2. The van der Waals surface area contributed by atoms with Crippen molar-refractivity contribution < 1.29 is 13.7 Å². The molecule has 2 aromatic rings. The van der Waals surface area contributed by atoms with Gasteiger partial charge < -0.3 is 14.7 Å². The minimum Gasteiger partial charge on any atom is -0.343 e. The summed E-state index contributed by atoms with van der Waals surface area (Å²) >= 11 is 0. The molecule has 6 nitrogen and oxygen atoms in total. The van der Waals surface area contributed by atoms with Gasteiger partial charge in [0.1, 0.15) is 5.82 Å². The van der Waals surface area contributed by atoms with Crippen LogP contribution >= 0.6 is 12.4 Å². The first-order valence-corrected chi connectivity index (χ1v) is 9.08. The summed E-state index contributed by atoms with van der Waals surface area (Å²) in [6.07, 6.45) is 2.82. The summed E-state index contributed by atoms with van der Waals surface area (Å²) in [7, 11) is 1.96. The maximum atomic E-state index is 13.7. The molecule has 1 amide bonds. The highest BCUT2D eigenvalue weighted by atomic mass is 35.5. The molecule has 1 saturated heterocycles. The molecule has 1 aromatic heterocycles. The number of nitrogens with zero attached hydrogens (tertiary/aromatic N) is 3. The SMILES string of the molecule is CNCC1CCN(C(=O)CCc2nc(-c3ccc(C)c(F)c3)no2)CC1.Cl.